The molecule has 1 saturated carbocycles. The molecule has 0 bridgehead atoms. The summed E-state index contributed by atoms with van der Waals surface area (Å²) in [5, 5.41) is 21.7. The fraction of sp³-hybridized carbons (Fsp3) is 1.00. The second kappa shape index (κ2) is 5.07. The van der Waals surface area contributed by atoms with Crippen LogP contribution >= 0.6 is 0 Å². The lowest BCUT2D eigenvalue weighted by Gasteiger charge is -2.18. The van der Waals surface area contributed by atoms with E-state index in [1.807, 2.05) is 13.8 Å². The zero-order valence-electron chi connectivity index (χ0n) is 8.99. The van der Waals surface area contributed by atoms with Crippen LogP contribution < -0.4 is 5.32 Å². The Morgan fingerprint density at radius 2 is 2.07 bits per heavy atom. The lowest BCUT2D eigenvalue weighted by Crippen LogP contribution is -2.41. The molecule has 0 aromatic rings. The molecular formula is C10H21NO3. The molecule has 1 rings (SSSR count). The monoisotopic (exact) mass is 203 g/mol. The van der Waals surface area contributed by atoms with Crippen molar-refractivity contribution in [3.05, 3.63) is 0 Å². The van der Waals surface area contributed by atoms with Gasteiger partial charge in [-0.2, -0.15) is 0 Å². The SMILES string of the molecule is CC(C)OCC(O)CNC1(CO)CC1. The predicted molar refractivity (Wildman–Crippen MR) is 54.1 cm³/mol. The van der Waals surface area contributed by atoms with Crippen LogP contribution in [-0.2, 0) is 4.74 Å². The number of aliphatic hydroxyl groups is 2. The van der Waals surface area contributed by atoms with Gasteiger partial charge in [-0.1, -0.05) is 0 Å². The first-order valence-corrected chi connectivity index (χ1v) is 5.23. The minimum absolute atomic E-state index is 0.0984. The maximum absolute atomic E-state index is 9.52. The van der Waals surface area contributed by atoms with E-state index < -0.39 is 6.10 Å². The van der Waals surface area contributed by atoms with Crippen LogP contribution in [0.15, 0.2) is 0 Å². The van der Waals surface area contributed by atoms with Gasteiger partial charge < -0.3 is 20.3 Å². The number of hydrogen-bond acceptors (Lipinski definition) is 4. The molecule has 0 heterocycles. The smallest absolute Gasteiger partial charge is 0.0898 e. The van der Waals surface area contributed by atoms with Gasteiger partial charge in [0.05, 0.1) is 25.4 Å². The fourth-order valence-corrected chi connectivity index (χ4v) is 1.24. The third-order valence-electron chi connectivity index (χ3n) is 2.49. The number of nitrogens with one attached hydrogen (secondary N) is 1. The Hall–Kier alpha value is -0.160. The summed E-state index contributed by atoms with van der Waals surface area (Å²) in [6.45, 7) is 4.89. The van der Waals surface area contributed by atoms with Crippen LogP contribution in [0.3, 0.4) is 0 Å². The number of aliphatic hydroxyl groups excluding tert-OH is 2. The maximum Gasteiger partial charge on any atom is 0.0898 e. The van der Waals surface area contributed by atoms with Gasteiger partial charge >= 0.3 is 0 Å². The summed E-state index contributed by atoms with van der Waals surface area (Å²) in [5.41, 5.74) is -0.0984. The van der Waals surface area contributed by atoms with Crippen molar-refractivity contribution in [2.24, 2.45) is 0 Å². The lowest BCUT2D eigenvalue weighted by molar-refractivity contribution is 0.00425. The van der Waals surface area contributed by atoms with E-state index in [1.54, 1.807) is 0 Å². The second-order valence-electron chi connectivity index (χ2n) is 4.36. The van der Waals surface area contributed by atoms with Gasteiger partial charge in [-0.05, 0) is 26.7 Å². The van der Waals surface area contributed by atoms with E-state index in [2.05, 4.69) is 5.32 Å². The Labute approximate surface area is 85.3 Å². The molecule has 0 amide bonds. The molecule has 3 N–H and O–H groups in total. The third-order valence-corrected chi connectivity index (χ3v) is 2.49. The van der Waals surface area contributed by atoms with Gasteiger partial charge in [0.1, 0.15) is 0 Å². The normalized spacial score (nSPS) is 21.2. The van der Waals surface area contributed by atoms with Crippen molar-refractivity contribution in [2.45, 2.75) is 44.4 Å². The van der Waals surface area contributed by atoms with E-state index in [1.165, 1.54) is 0 Å². The van der Waals surface area contributed by atoms with Gasteiger partial charge in [0.2, 0.25) is 0 Å². The molecule has 0 saturated heterocycles. The number of rotatable bonds is 7. The Morgan fingerprint density at radius 1 is 1.43 bits per heavy atom. The van der Waals surface area contributed by atoms with E-state index in [0.29, 0.717) is 13.2 Å². The highest BCUT2D eigenvalue weighted by Gasteiger charge is 2.41. The molecule has 0 spiro atoms. The summed E-state index contributed by atoms with van der Waals surface area (Å²) < 4.78 is 5.27. The molecule has 1 aliphatic carbocycles. The molecule has 1 fully saturated rings. The minimum Gasteiger partial charge on any atom is -0.394 e. The van der Waals surface area contributed by atoms with Crippen molar-refractivity contribution >= 4 is 0 Å². The standard InChI is InChI=1S/C10H21NO3/c1-8(2)14-6-9(13)5-11-10(7-12)3-4-10/h8-9,11-13H,3-7H2,1-2H3. The zero-order chi connectivity index (χ0) is 10.6. The highest BCUT2D eigenvalue weighted by molar-refractivity contribution is 5.01. The van der Waals surface area contributed by atoms with Crippen LogP contribution in [0.1, 0.15) is 26.7 Å². The highest BCUT2D eigenvalue weighted by atomic mass is 16.5. The largest absolute Gasteiger partial charge is 0.394 e. The van der Waals surface area contributed by atoms with E-state index in [-0.39, 0.29) is 18.2 Å². The van der Waals surface area contributed by atoms with Gasteiger partial charge in [-0.25, -0.2) is 0 Å². The molecule has 0 aromatic heterocycles. The summed E-state index contributed by atoms with van der Waals surface area (Å²) in [4.78, 5) is 0. The fourth-order valence-electron chi connectivity index (χ4n) is 1.24. The number of hydrogen-bond donors (Lipinski definition) is 3. The van der Waals surface area contributed by atoms with Gasteiger partial charge in [0.15, 0.2) is 0 Å². The second-order valence-corrected chi connectivity index (χ2v) is 4.36. The first-order valence-electron chi connectivity index (χ1n) is 5.23. The first kappa shape index (κ1) is 11.9. The van der Waals surface area contributed by atoms with E-state index in [9.17, 15) is 5.11 Å². The van der Waals surface area contributed by atoms with Crippen LogP contribution in [0.4, 0.5) is 0 Å². The molecule has 0 radical (unpaired) electrons. The average molecular weight is 203 g/mol. The zero-order valence-corrected chi connectivity index (χ0v) is 8.99. The van der Waals surface area contributed by atoms with Crippen LogP contribution in [0, 0.1) is 0 Å². The average Bonchev–Trinajstić information content (AvgIpc) is 2.92. The molecule has 0 aliphatic heterocycles. The molecular weight excluding hydrogens is 182 g/mol. The molecule has 1 atom stereocenters. The Kier molecular flexibility index (Phi) is 4.31. The predicted octanol–water partition coefficient (Wildman–Crippen LogP) is -0.113. The summed E-state index contributed by atoms with van der Waals surface area (Å²) in [6, 6.07) is 0. The Balaban J connectivity index is 2.06. The maximum atomic E-state index is 9.52. The number of ether oxygens (including phenoxy) is 1. The van der Waals surface area contributed by atoms with Crippen molar-refractivity contribution in [3.63, 3.8) is 0 Å². The molecule has 4 nitrogen and oxygen atoms in total. The van der Waals surface area contributed by atoms with Gasteiger partial charge in [0.25, 0.3) is 0 Å². The molecule has 4 heteroatoms. The lowest BCUT2D eigenvalue weighted by atomic mass is 10.2. The quantitative estimate of drug-likeness (QED) is 0.540. The van der Waals surface area contributed by atoms with Crippen molar-refractivity contribution in [1.82, 2.24) is 5.32 Å². The Bertz CT molecular complexity index is 169. The summed E-state index contributed by atoms with van der Waals surface area (Å²) in [6.07, 6.45) is 1.67. The van der Waals surface area contributed by atoms with Crippen molar-refractivity contribution in [2.75, 3.05) is 19.8 Å². The van der Waals surface area contributed by atoms with Crippen molar-refractivity contribution in [3.8, 4) is 0 Å². The molecule has 1 unspecified atom stereocenters. The Morgan fingerprint density at radius 3 is 2.50 bits per heavy atom. The topological polar surface area (TPSA) is 61.7 Å². The first-order chi connectivity index (χ1) is 6.58. The van der Waals surface area contributed by atoms with Crippen LogP contribution in [0.25, 0.3) is 0 Å². The summed E-state index contributed by atoms with van der Waals surface area (Å²) in [5.74, 6) is 0. The van der Waals surface area contributed by atoms with Gasteiger partial charge in [-0.3, -0.25) is 0 Å². The minimum atomic E-state index is -0.485. The molecule has 84 valence electrons. The molecule has 14 heavy (non-hydrogen) atoms. The van der Waals surface area contributed by atoms with Crippen molar-refractivity contribution in [1.29, 1.82) is 0 Å². The highest BCUT2D eigenvalue weighted by Crippen LogP contribution is 2.34. The van der Waals surface area contributed by atoms with Crippen LogP contribution in [0.5, 0.6) is 0 Å². The van der Waals surface area contributed by atoms with Gasteiger partial charge in [-0.15, -0.1) is 0 Å². The van der Waals surface area contributed by atoms with E-state index >= 15 is 0 Å². The third kappa shape index (κ3) is 3.92. The van der Waals surface area contributed by atoms with Crippen molar-refractivity contribution < 1.29 is 14.9 Å². The van der Waals surface area contributed by atoms with E-state index in [4.69, 9.17) is 9.84 Å². The van der Waals surface area contributed by atoms with Crippen LogP contribution in [-0.4, -0.2) is 47.7 Å². The molecule has 1 aliphatic rings. The van der Waals surface area contributed by atoms with Gasteiger partial charge in [0, 0.05) is 12.1 Å². The van der Waals surface area contributed by atoms with Crippen LogP contribution in [0.2, 0.25) is 0 Å². The molecule has 0 aromatic carbocycles. The summed E-state index contributed by atoms with van der Waals surface area (Å²) in [7, 11) is 0. The summed E-state index contributed by atoms with van der Waals surface area (Å²) >= 11 is 0. The van der Waals surface area contributed by atoms with E-state index in [0.717, 1.165) is 12.8 Å². The number of β-amino-alcohol motifs (C(OH)–C–C–N with tert-alkyl or cyclic N) is 1.